The molecule has 0 heterocycles. The summed E-state index contributed by atoms with van der Waals surface area (Å²) in [4.78, 5) is 34.6. The third-order valence-corrected chi connectivity index (χ3v) is 4.65. The maximum absolute atomic E-state index is 12.2. The van der Waals surface area contributed by atoms with Crippen LogP contribution in [0.2, 0.25) is 5.02 Å². The lowest BCUT2D eigenvalue weighted by Gasteiger charge is -2.10. The van der Waals surface area contributed by atoms with Crippen molar-refractivity contribution >= 4 is 41.0 Å². The standard InChI is InChI=1S/C23H19ClN4O6/c1-33-20-9-5-18(6-10-20)26-22(29)14-34-21-11-4-17(24)12-16(21)13-25-27-23(30)15-2-7-19(8-3-15)28(31)32/h2-13H,14H2,1H3,(H,26,29)(H,27,30). The number of hydrogen-bond acceptors (Lipinski definition) is 7. The van der Waals surface area contributed by atoms with E-state index < -0.39 is 10.8 Å². The van der Waals surface area contributed by atoms with Crippen molar-refractivity contribution in [3.63, 3.8) is 0 Å². The van der Waals surface area contributed by atoms with Crippen LogP contribution < -0.4 is 20.2 Å². The summed E-state index contributed by atoms with van der Waals surface area (Å²) in [5, 5.41) is 17.7. The quantitative estimate of drug-likeness (QED) is 0.269. The van der Waals surface area contributed by atoms with Crippen LogP contribution in [0.1, 0.15) is 15.9 Å². The molecule has 0 aromatic heterocycles. The van der Waals surface area contributed by atoms with Crippen LogP contribution in [0.5, 0.6) is 11.5 Å². The van der Waals surface area contributed by atoms with Gasteiger partial charge in [-0.15, -0.1) is 0 Å². The van der Waals surface area contributed by atoms with Gasteiger partial charge in [-0.25, -0.2) is 5.43 Å². The number of carbonyl (C=O) groups is 2. The molecule has 0 saturated heterocycles. The lowest BCUT2D eigenvalue weighted by molar-refractivity contribution is -0.384. The molecule has 0 spiro atoms. The number of rotatable bonds is 9. The highest BCUT2D eigenvalue weighted by Gasteiger charge is 2.10. The topological polar surface area (TPSA) is 132 Å². The Morgan fingerprint density at radius 1 is 1.09 bits per heavy atom. The number of nitro benzene ring substituents is 1. The molecule has 0 radical (unpaired) electrons. The van der Waals surface area contributed by atoms with Gasteiger partial charge in [-0.05, 0) is 54.6 Å². The van der Waals surface area contributed by atoms with Gasteiger partial charge in [0.15, 0.2) is 6.61 Å². The van der Waals surface area contributed by atoms with Gasteiger partial charge in [-0.1, -0.05) is 11.6 Å². The highest BCUT2D eigenvalue weighted by Crippen LogP contribution is 2.22. The molecule has 3 aromatic carbocycles. The number of amides is 2. The SMILES string of the molecule is COc1ccc(NC(=O)COc2ccc(Cl)cc2C=NNC(=O)c2ccc([N+](=O)[O-])cc2)cc1. The Bertz CT molecular complexity index is 1210. The highest BCUT2D eigenvalue weighted by molar-refractivity contribution is 6.30. The molecule has 174 valence electrons. The monoisotopic (exact) mass is 482 g/mol. The van der Waals surface area contributed by atoms with Gasteiger partial charge in [0, 0.05) is 34.0 Å². The fourth-order valence-corrected chi connectivity index (χ4v) is 2.91. The zero-order valence-corrected chi connectivity index (χ0v) is 18.6. The van der Waals surface area contributed by atoms with Crippen molar-refractivity contribution in [2.75, 3.05) is 19.0 Å². The van der Waals surface area contributed by atoms with Crippen LogP contribution in [0.4, 0.5) is 11.4 Å². The molecule has 2 amide bonds. The number of nitrogens with zero attached hydrogens (tertiary/aromatic N) is 2. The van der Waals surface area contributed by atoms with Crippen molar-refractivity contribution in [3.8, 4) is 11.5 Å². The average Bonchev–Trinajstić information content (AvgIpc) is 2.84. The van der Waals surface area contributed by atoms with Gasteiger partial charge in [-0.2, -0.15) is 5.10 Å². The van der Waals surface area contributed by atoms with Gasteiger partial charge in [0.1, 0.15) is 11.5 Å². The molecule has 0 unspecified atom stereocenters. The number of non-ortho nitro benzene ring substituents is 1. The van der Waals surface area contributed by atoms with E-state index in [1.807, 2.05) is 0 Å². The molecule has 0 bridgehead atoms. The second-order valence-electron chi connectivity index (χ2n) is 6.75. The van der Waals surface area contributed by atoms with Gasteiger partial charge in [0.2, 0.25) is 0 Å². The first-order valence-electron chi connectivity index (χ1n) is 9.80. The summed E-state index contributed by atoms with van der Waals surface area (Å²) < 4.78 is 10.7. The van der Waals surface area contributed by atoms with Crippen molar-refractivity contribution in [2.24, 2.45) is 5.10 Å². The van der Waals surface area contributed by atoms with Gasteiger partial charge >= 0.3 is 0 Å². The number of hydrazone groups is 1. The lowest BCUT2D eigenvalue weighted by Crippen LogP contribution is -2.20. The average molecular weight is 483 g/mol. The zero-order chi connectivity index (χ0) is 24.5. The van der Waals surface area contributed by atoms with Crippen LogP contribution in [-0.2, 0) is 4.79 Å². The fraction of sp³-hybridized carbons (Fsp3) is 0.0870. The van der Waals surface area contributed by atoms with E-state index in [9.17, 15) is 19.7 Å². The van der Waals surface area contributed by atoms with E-state index >= 15 is 0 Å². The fourth-order valence-electron chi connectivity index (χ4n) is 2.73. The van der Waals surface area contributed by atoms with E-state index in [0.29, 0.717) is 27.8 Å². The molecule has 0 aliphatic rings. The Morgan fingerprint density at radius 2 is 1.79 bits per heavy atom. The van der Waals surface area contributed by atoms with Crippen LogP contribution in [0.25, 0.3) is 0 Å². The first-order chi connectivity index (χ1) is 16.4. The number of nitrogens with one attached hydrogen (secondary N) is 2. The number of methoxy groups -OCH3 is 1. The maximum atomic E-state index is 12.2. The molecular weight excluding hydrogens is 464 g/mol. The van der Waals surface area contributed by atoms with Crippen molar-refractivity contribution in [1.82, 2.24) is 5.43 Å². The van der Waals surface area contributed by atoms with Gasteiger partial charge in [0.05, 0.1) is 18.2 Å². The smallest absolute Gasteiger partial charge is 0.271 e. The van der Waals surface area contributed by atoms with E-state index in [1.54, 1.807) is 49.6 Å². The largest absolute Gasteiger partial charge is 0.497 e. The van der Waals surface area contributed by atoms with Gasteiger partial charge in [0.25, 0.3) is 17.5 Å². The minimum atomic E-state index is -0.561. The van der Waals surface area contributed by atoms with Crippen LogP contribution in [0.15, 0.2) is 71.8 Å². The Hall–Kier alpha value is -4.44. The first kappa shape index (κ1) is 24.2. The summed E-state index contributed by atoms with van der Waals surface area (Å²) in [5.74, 6) is 0.0478. The van der Waals surface area contributed by atoms with Crippen molar-refractivity contribution in [2.45, 2.75) is 0 Å². The van der Waals surface area contributed by atoms with Crippen molar-refractivity contribution in [3.05, 3.63) is 93.0 Å². The Kier molecular flexibility index (Phi) is 8.14. The second-order valence-corrected chi connectivity index (χ2v) is 7.19. The first-order valence-corrected chi connectivity index (χ1v) is 10.2. The summed E-state index contributed by atoms with van der Waals surface area (Å²) in [7, 11) is 1.55. The van der Waals surface area contributed by atoms with E-state index in [1.165, 1.54) is 30.5 Å². The maximum Gasteiger partial charge on any atom is 0.271 e. The predicted molar refractivity (Wildman–Crippen MR) is 127 cm³/mol. The molecule has 11 heteroatoms. The number of benzene rings is 3. The summed E-state index contributed by atoms with van der Waals surface area (Å²) in [5.41, 5.74) is 3.40. The van der Waals surface area contributed by atoms with Crippen LogP contribution in [-0.4, -0.2) is 36.7 Å². The van der Waals surface area contributed by atoms with Crippen molar-refractivity contribution in [1.29, 1.82) is 0 Å². The molecule has 3 rings (SSSR count). The molecule has 2 N–H and O–H groups in total. The summed E-state index contributed by atoms with van der Waals surface area (Å²) >= 11 is 6.04. The van der Waals surface area contributed by atoms with E-state index in [0.717, 1.165) is 0 Å². The zero-order valence-electron chi connectivity index (χ0n) is 17.9. The minimum absolute atomic E-state index is 0.128. The van der Waals surface area contributed by atoms with E-state index in [4.69, 9.17) is 21.1 Å². The molecule has 0 fully saturated rings. The molecule has 0 atom stereocenters. The Labute approximate surface area is 199 Å². The number of hydrogen-bond donors (Lipinski definition) is 2. The van der Waals surface area contributed by atoms with Crippen LogP contribution >= 0.6 is 11.6 Å². The number of nitro groups is 1. The summed E-state index contributed by atoms with van der Waals surface area (Å²) in [6, 6.07) is 16.6. The lowest BCUT2D eigenvalue weighted by atomic mass is 10.2. The third kappa shape index (κ3) is 6.78. The van der Waals surface area contributed by atoms with E-state index in [2.05, 4.69) is 15.8 Å². The van der Waals surface area contributed by atoms with Crippen LogP contribution in [0, 0.1) is 10.1 Å². The molecule has 0 saturated carbocycles. The second kappa shape index (κ2) is 11.4. The number of carbonyl (C=O) groups excluding carboxylic acids is 2. The van der Waals surface area contributed by atoms with Gasteiger partial charge in [-0.3, -0.25) is 19.7 Å². The minimum Gasteiger partial charge on any atom is -0.497 e. The summed E-state index contributed by atoms with van der Waals surface area (Å²) in [6.45, 7) is -0.274. The van der Waals surface area contributed by atoms with Crippen LogP contribution in [0.3, 0.4) is 0 Å². The highest BCUT2D eigenvalue weighted by atomic mass is 35.5. The number of halogens is 1. The normalized spacial score (nSPS) is 10.5. The number of ether oxygens (including phenoxy) is 2. The molecular formula is C23H19ClN4O6. The van der Waals surface area contributed by atoms with Gasteiger partial charge < -0.3 is 14.8 Å². The van der Waals surface area contributed by atoms with Crippen molar-refractivity contribution < 1.29 is 24.0 Å². The molecule has 0 aliphatic carbocycles. The molecule has 3 aromatic rings. The van der Waals surface area contributed by atoms with E-state index in [-0.39, 0.29) is 23.8 Å². The number of anilines is 1. The Morgan fingerprint density at radius 3 is 2.44 bits per heavy atom. The third-order valence-electron chi connectivity index (χ3n) is 4.41. The molecule has 34 heavy (non-hydrogen) atoms. The predicted octanol–water partition coefficient (Wildman–Crippen LogP) is 4.04. The summed E-state index contributed by atoms with van der Waals surface area (Å²) in [6.07, 6.45) is 1.31. The Balaban J connectivity index is 1.60. The molecule has 0 aliphatic heterocycles. The molecule has 10 nitrogen and oxygen atoms in total.